The summed E-state index contributed by atoms with van der Waals surface area (Å²) in [7, 11) is 1.55. The van der Waals surface area contributed by atoms with Crippen LogP contribution >= 0.6 is 23.2 Å². The van der Waals surface area contributed by atoms with E-state index >= 15 is 0 Å². The second-order valence-electron chi connectivity index (χ2n) is 7.12. The lowest BCUT2D eigenvalue weighted by Crippen LogP contribution is -2.48. The van der Waals surface area contributed by atoms with Gasteiger partial charge in [-0.2, -0.15) is 0 Å². The maximum atomic E-state index is 13.3. The first-order valence-electron chi connectivity index (χ1n) is 8.91. The van der Waals surface area contributed by atoms with Gasteiger partial charge in [0, 0.05) is 22.7 Å². The Balaban J connectivity index is 1.81. The van der Waals surface area contributed by atoms with Gasteiger partial charge in [0.25, 0.3) is 5.91 Å². The molecule has 1 atom stereocenters. The van der Waals surface area contributed by atoms with Crippen molar-refractivity contribution in [1.29, 1.82) is 0 Å². The zero-order valence-corrected chi connectivity index (χ0v) is 17.2. The number of carbonyl (C=O) groups is 1. The van der Waals surface area contributed by atoms with Gasteiger partial charge in [0.15, 0.2) is 17.1 Å². The van der Waals surface area contributed by atoms with Gasteiger partial charge in [-0.25, -0.2) is 0 Å². The van der Waals surface area contributed by atoms with E-state index in [1.54, 1.807) is 39.2 Å². The Hall–Kier alpha value is -1.91. The molecule has 0 spiro atoms. The molecule has 144 valence electrons. The zero-order valence-electron chi connectivity index (χ0n) is 15.7. The normalized spacial score (nSPS) is 17.1. The quantitative estimate of drug-likeness (QED) is 0.654. The minimum Gasteiger partial charge on any atom is -0.493 e. The number of hydrogen-bond acceptors (Lipinski definition) is 3. The second kappa shape index (κ2) is 7.99. The third-order valence-corrected chi connectivity index (χ3v) is 5.26. The van der Waals surface area contributed by atoms with Crippen molar-refractivity contribution in [1.82, 2.24) is 4.90 Å². The molecule has 0 aromatic heterocycles. The molecule has 0 radical (unpaired) electrons. The molecule has 0 saturated carbocycles. The Morgan fingerprint density at radius 3 is 2.41 bits per heavy atom. The van der Waals surface area contributed by atoms with Crippen molar-refractivity contribution >= 4 is 29.1 Å². The van der Waals surface area contributed by atoms with Crippen molar-refractivity contribution in [2.24, 2.45) is 0 Å². The predicted molar refractivity (Wildman–Crippen MR) is 108 cm³/mol. The van der Waals surface area contributed by atoms with Crippen LogP contribution in [0.25, 0.3) is 0 Å². The molecule has 4 nitrogen and oxygen atoms in total. The van der Waals surface area contributed by atoms with E-state index in [2.05, 4.69) is 0 Å². The maximum Gasteiger partial charge on any atom is 0.266 e. The lowest BCUT2D eigenvalue weighted by molar-refractivity contribution is -0.146. The SMILES string of the molecule is COc1cc(Cl)ccc1OC(C)(C)C(=O)N1CCCC1c1ccc(Cl)cc1. The van der Waals surface area contributed by atoms with E-state index in [0.29, 0.717) is 28.1 Å². The highest BCUT2D eigenvalue weighted by Crippen LogP contribution is 2.37. The summed E-state index contributed by atoms with van der Waals surface area (Å²) in [4.78, 5) is 15.2. The van der Waals surface area contributed by atoms with Crippen molar-refractivity contribution in [2.75, 3.05) is 13.7 Å². The summed E-state index contributed by atoms with van der Waals surface area (Å²) in [5, 5.41) is 1.23. The third-order valence-electron chi connectivity index (χ3n) is 4.77. The van der Waals surface area contributed by atoms with Gasteiger partial charge in [-0.1, -0.05) is 35.3 Å². The Kier molecular flexibility index (Phi) is 5.87. The van der Waals surface area contributed by atoms with Gasteiger partial charge in [-0.05, 0) is 56.5 Å². The minimum atomic E-state index is -1.05. The van der Waals surface area contributed by atoms with Crippen LogP contribution in [-0.4, -0.2) is 30.1 Å². The molecule has 1 aliphatic heterocycles. The number of likely N-dealkylation sites (tertiary alicyclic amines) is 1. The summed E-state index contributed by atoms with van der Waals surface area (Å²) in [6, 6.07) is 12.8. The van der Waals surface area contributed by atoms with Crippen LogP contribution in [0.1, 0.15) is 38.3 Å². The molecular weight excluding hydrogens is 385 g/mol. The van der Waals surface area contributed by atoms with Crippen LogP contribution in [0.3, 0.4) is 0 Å². The lowest BCUT2D eigenvalue weighted by Gasteiger charge is -2.34. The van der Waals surface area contributed by atoms with Gasteiger partial charge in [-0.3, -0.25) is 4.79 Å². The summed E-state index contributed by atoms with van der Waals surface area (Å²) >= 11 is 12.0. The van der Waals surface area contributed by atoms with Crippen LogP contribution < -0.4 is 9.47 Å². The Morgan fingerprint density at radius 1 is 1.07 bits per heavy atom. The van der Waals surface area contributed by atoms with Gasteiger partial charge >= 0.3 is 0 Å². The first-order chi connectivity index (χ1) is 12.8. The molecule has 0 bridgehead atoms. The number of rotatable bonds is 5. The van der Waals surface area contributed by atoms with Crippen molar-refractivity contribution in [3.8, 4) is 11.5 Å². The number of hydrogen-bond donors (Lipinski definition) is 0. The predicted octanol–water partition coefficient (Wildman–Crippen LogP) is 5.52. The maximum absolute atomic E-state index is 13.3. The molecule has 1 fully saturated rings. The molecule has 2 aromatic rings. The smallest absolute Gasteiger partial charge is 0.266 e. The van der Waals surface area contributed by atoms with Crippen LogP contribution in [-0.2, 0) is 4.79 Å². The zero-order chi connectivity index (χ0) is 19.6. The van der Waals surface area contributed by atoms with Crippen LogP contribution in [0.2, 0.25) is 10.0 Å². The molecule has 0 N–H and O–H groups in total. The van der Waals surface area contributed by atoms with Crippen molar-refractivity contribution in [3.63, 3.8) is 0 Å². The summed E-state index contributed by atoms with van der Waals surface area (Å²) in [5.41, 5.74) is 0.0426. The highest BCUT2D eigenvalue weighted by Gasteiger charge is 2.40. The monoisotopic (exact) mass is 407 g/mol. The molecule has 1 saturated heterocycles. The van der Waals surface area contributed by atoms with Crippen molar-refractivity contribution < 1.29 is 14.3 Å². The fourth-order valence-electron chi connectivity index (χ4n) is 3.43. The Labute approximate surface area is 170 Å². The summed E-state index contributed by atoms with van der Waals surface area (Å²) in [6.45, 7) is 4.26. The van der Waals surface area contributed by atoms with Gasteiger partial charge in [0.2, 0.25) is 0 Å². The standard InChI is InChI=1S/C21H23Cl2NO3/c1-21(2,27-18-11-10-16(23)13-19(18)26-3)20(25)24-12-4-5-17(24)14-6-8-15(22)9-7-14/h6-11,13,17H,4-5,12H2,1-3H3. The van der Waals surface area contributed by atoms with E-state index < -0.39 is 5.60 Å². The van der Waals surface area contributed by atoms with Gasteiger partial charge < -0.3 is 14.4 Å². The van der Waals surface area contributed by atoms with Crippen LogP contribution in [0.15, 0.2) is 42.5 Å². The summed E-state index contributed by atoms with van der Waals surface area (Å²) < 4.78 is 11.4. The molecule has 1 aliphatic rings. The van der Waals surface area contributed by atoms with E-state index in [4.69, 9.17) is 32.7 Å². The molecule has 27 heavy (non-hydrogen) atoms. The number of nitrogens with zero attached hydrogens (tertiary/aromatic N) is 1. The molecule has 3 rings (SSSR count). The first kappa shape index (κ1) is 19.8. The minimum absolute atomic E-state index is 0.0322. The molecular formula is C21H23Cl2NO3. The number of amides is 1. The number of ether oxygens (including phenoxy) is 2. The topological polar surface area (TPSA) is 38.8 Å². The molecule has 2 aromatic carbocycles. The van der Waals surface area contributed by atoms with Gasteiger partial charge in [0.1, 0.15) is 0 Å². The highest BCUT2D eigenvalue weighted by molar-refractivity contribution is 6.31. The number of benzene rings is 2. The van der Waals surface area contributed by atoms with Crippen LogP contribution in [0, 0.1) is 0 Å². The first-order valence-corrected chi connectivity index (χ1v) is 9.66. The summed E-state index contributed by atoms with van der Waals surface area (Å²) in [5.74, 6) is 0.929. The molecule has 1 unspecified atom stereocenters. The Bertz CT molecular complexity index is 821. The Morgan fingerprint density at radius 2 is 1.74 bits per heavy atom. The van der Waals surface area contributed by atoms with Crippen molar-refractivity contribution in [3.05, 3.63) is 58.1 Å². The fourth-order valence-corrected chi connectivity index (χ4v) is 3.72. The van der Waals surface area contributed by atoms with Crippen LogP contribution in [0.5, 0.6) is 11.5 Å². The average Bonchev–Trinajstić information content (AvgIpc) is 3.12. The van der Waals surface area contributed by atoms with E-state index in [9.17, 15) is 4.79 Å². The molecule has 1 heterocycles. The largest absolute Gasteiger partial charge is 0.493 e. The van der Waals surface area contributed by atoms with E-state index in [0.717, 1.165) is 18.4 Å². The van der Waals surface area contributed by atoms with Crippen molar-refractivity contribution in [2.45, 2.75) is 38.3 Å². The highest BCUT2D eigenvalue weighted by atomic mass is 35.5. The van der Waals surface area contributed by atoms with Gasteiger partial charge in [-0.15, -0.1) is 0 Å². The molecule has 1 amide bonds. The van der Waals surface area contributed by atoms with E-state index in [-0.39, 0.29) is 11.9 Å². The van der Waals surface area contributed by atoms with Gasteiger partial charge in [0.05, 0.1) is 13.2 Å². The fraction of sp³-hybridized carbons (Fsp3) is 0.381. The molecule has 0 aliphatic carbocycles. The van der Waals surface area contributed by atoms with E-state index in [1.807, 2.05) is 29.2 Å². The van der Waals surface area contributed by atoms with Crippen LogP contribution in [0.4, 0.5) is 0 Å². The lowest BCUT2D eigenvalue weighted by atomic mass is 10.0. The number of methoxy groups -OCH3 is 1. The number of carbonyl (C=O) groups excluding carboxylic acids is 1. The number of halogens is 2. The summed E-state index contributed by atoms with van der Waals surface area (Å²) in [6.07, 6.45) is 1.88. The average molecular weight is 408 g/mol. The third kappa shape index (κ3) is 4.33. The van der Waals surface area contributed by atoms with E-state index in [1.165, 1.54) is 0 Å². The second-order valence-corrected chi connectivity index (χ2v) is 7.99. The molecule has 6 heteroatoms.